The summed E-state index contributed by atoms with van der Waals surface area (Å²) in [5.74, 6) is -0.183. The average Bonchev–Trinajstić information content (AvgIpc) is 3.45. The summed E-state index contributed by atoms with van der Waals surface area (Å²) in [5, 5.41) is 5.75. The Kier molecular flexibility index (Phi) is 3.90. The maximum atomic E-state index is 14.1. The van der Waals surface area contributed by atoms with Gasteiger partial charge in [0.25, 0.3) is 5.91 Å². The van der Waals surface area contributed by atoms with Gasteiger partial charge in [0.1, 0.15) is 11.5 Å². The fraction of sp³-hybridized carbons (Fsp3) is 0.217. The standard InChI is InChI=1S/C23H20FN3O/c1-13-6-9-18(24)17-12-19(26-20(13)17)23(28)27-21(15-7-8-15)22-16-5-3-2-4-14(16)10-11-25-22/h2-6,9-12,15,21,26H,7-8H2,1H3,(H,27,28). The van der Waals surface area contributed by atoms with Crippen LogP contribution in [0.25, 0.3) is 21.7 Å². The van der Waals surface area contributed by atoms with Gasteiger partial charge in [0.2, 0.25) is 0 Å². The molecule has 0 radical (unpaired) electrons. The summed E-state index contributed by atoms with van der Waals surface area (Å²) in [4.78, 5) is 20.7. The molecular formula is C23H20FN3O. The molecule has 2 aromatic carbocycles. The Labute approximate surface area is 161 Å². The number of H-pyrrole nitrogens is 1. The van der Waals surface area contributed by atoms with Gasteiger partial charge in [-0.05, 0) is 54.8 Å². The van der Waals surface area contributed by atoms with E-state index in [0.29, 0.717) is 22.5 Å². The van der Waals surface area contributed by atoms with Crippen LogP contribution >= 0.6 is 0 Å². The molecule has 2 heterocycles. The molecular weight excluding hydrogens is 353 g/mol. The molecule has 5 rings (SSSR count). The van der Waals surface area contributed by atoms with Gasteiger partial charge in [0, 0.05) is 17.0 Å². The minimum atomic E-state index is -0.328. The van der Waals surface area contributed by atoms with Gasteiger partial charge in [-0.1, -0.05) is 30.3 Å². The molecule has 0 aliphatic heterocycles. The Balaban J connectivity index is 1.52. The van der Waals surface area contributed by atoms with Crippen molar-refractivity contribution >= 4 is 27.6 Å². The normalized spacial score (nSPS) is 15.1. The number of aromatic nitrogens is 2. The number of hydrogen-bond acceptors (Lipinski definition) is 2. The number of nitrogens with zero attached hydrogens (tertiary/aromatic N) is 1. The molecule has 0 spiro atoms. The zero-order valence-corrected chi connectivity index (χ0v) is 15.5. The van der Waals surface area contributed by atoms with E-state index in [-0.39, 0.29) is 17.8 Å². The molecule has 0 bridgehead atoms. The monoisotopic (exact) mass is 373 g/mol. The van der Waals surface area contributed by atoms with Gasteiger partial charge in [-0.3, -0.25) is 9.78 Å². The number of nitrogens with one attached hydrogen (secondary N) is 2. The van der Waals surface area contributed by atoms with Gasteiger partial charge in [-0.15, -0.1) is 0 Å². The molecule has 140 valence electrons. The number of aromatic amines is 1. The summed E-state index contributed by atoms with van der Waals surface area (Å²) >= 11 is 0. The lowest BCUT2D eigenvalue weighted by Gasteiger charge is -2.19. The van der Waals surface area contributed by atoms with Gasteiger partial charge < -0.3 is 10.3 Å². The summed E-state index contributed by atoms with van der Waals surface area (Å²) in [7, 11) is 0. The number of halogens is 1. The molecule has 28 heavy (non-hydrogen) atoms. The quantitative estimate of drug-likeness (QED) is 0.526. The van der Waals surface area contributed by atoms with E-state index in [1.807, 2.05) is 31.2 Å². The highest BCUT2D eigenvalue weighted by molar-refractivity contribution is 5.99. The van der Waals surface area contributed by atoms with E-state index in [1.54, 1.807) is 18.3 Å². The second-order valence-electron chi connectivity index (χ2n) is 7.54. The highest BCUT2D eigenvalue weighted by Gasteiger charge is 2.35. The Hall–Kier alpha value is -3.21. The van der Waals surface area contributed by atoms with E-state index in [2.05, 4.69) is 21.4 Å². The van der Waals surface area contributed by atoms with Crippen LogP contribution in [0.3, 0.4) is 0 Å². The molecule has 4 aromatic rings. The lowest BCUT2D eigenvalue weighted by atomic mass is 10.0. The van der Waals surface area contributed by atoms with Crippen LogP contribution in [0.4, 0.5) is 4.39 Å². The lowest BCUT2D eigenvalue weighted by Crippen LogP contribution is -2.30. The van der Waals surface area contributed by atoms with Crippen molar-refractivity contribution in [3.05, 3.63) is 77.5 Å². The zero-order valence-electron chi connectivity index (χ0n) is 15.5. The Morgan fingerprint density at radius 2 is 2.00 bits per heavy atom. The van der Waals surface area contributed by atoms with Gasteiger partial charge >= 0.3 is 0 Å². The van der Waals surface area contributed by atoms with Crippen LogP contribution in [0.5, 0.6) is 0 Å². The lowest BCUT2D eigenvalue weighted by molar-refractivity contribution is 0.0927. The molecule has 1 aliphatic rings. The van der Waals surface area contributed by atoms with E-state index in [0.717, 1.165) is 34.9 Å². The summed E-state index contributed by atoms with van der Waals surface area (Å²) in [6.07, 6.45) is 3.92. The number of pyridine rings is 1. The molecule has 1 amide bonds. The van der Waals surface area contributed by atoms with Crippen LogP contribution in [0, 0.1) is 18.7 Å². The topological polar surface area (TPSA) is 57.8 Å². The maximum absolute atomic E-state index is 14.1. The van der Waals surface area contributed by atoms with Crippen molar-refractivity contribution < 1.29 is 9.18 Å². The van der Waals surface area contributed by atoms with Crippen molar-refractivity contribution in [3.63, 3.8) is 0 Å². The third kappa shape index (κ3) is 2.83. The minimum Gasteiger partial charge on any atom is -0.350 e. The number of hydrogen-bond donors (Lipinski definition) is 2. The number of carbonyl (C=O) groups is 1. The fourth-order valence-electron chi connectivity index (χ4n) is 3.90. The molecule has 1 fully saturated rings. The van der Waals surface area contributed by atoms with Crippen molar-refractivity contribution in [3.8, 4) is 0 Å². The highest BCUT2D eigenvalue weighted by atomic mass is 19.1. The van der Waals surface area contributed by atoms with Crippen LogP contribution in [-0.4, -0.2) is 15.9 Å². The Morgan fingerprint density at radius 1 is 1.18 bits per heavy atom. The summed E-state index contributed by atoms with van der Waals surface area (Å²) in [6, 6.07) is 14.6. The number of fused-ring (bicyclic) bond motifs is 2. The first kappa shape index (κ1) is 16.9. The Morgan fingerprint density at radius 3 is 2.79 bits per heavy atom. The van der Waals surface area contributed by atoms with E-state index in [1.165, 1.54) is 6.07 Å². The first-order valence-electron chi connectivity index (χ1n) is 9.54. The van der Waals surface area contributed by atoms with Crippen molar-refractivity contribution in [2.24, 2.45) is 5.92 Å². The molecule has 0 saturated heterocycles. The summed E-state index contributed by atoms with van der Waals surface area (Å²) < 4.78 is 14.1. The van der Waals surface area contributed by atoms with Gasteiger partial charge in [0.15, 0.2) is 0 Å². The molecule has 1 aliphatic carbocycles. The molecule has 5 heteroatoms. The van der Waals surface area contributed by atoms with Gasteiger partial charge in [-0.25, -0.2) is 4.39 Å². The van der Waals surface area contributed by atoms with Crippen LogP contribution in [0.1, 0.15) is 40.6 Å². The van der Waals surface area contributed by atoms with Crippen LogP contribution in [0.2, 0.25) is 0 Å². The molecule has 1 atom stereocenters. The predicted molar refractivity (Wildman–Crippen MR) is 108 cm³/mol. The Bertz CT molecular complexity index is 1160. The third-order valence-corrected chi connectivity index (χ3v) is 5.57. The molecule has 2 N–H and O–H groups in total. The van der Waals surface area contributed by atoms with E-state index < -0.39 is 0 Å². The zero-order chi connectivity index (χ0) is 19.3. The van der Waals surface area contributed by atoms with E-state index in [4.69, 9.17) is 0 Å². The van der Waals surface area contributed by atoms with E-state index >= 15 is 0 Å². The van der Waals surface area contributed by atoms with Crippen molar-refractivity contribution in [1.82, 2.24) is 15.3 Å². The second kappa shape index (κ2) is 6.44. The van der Waals surface area contributed by atoms with Crippen molar-refractivity contribution in [2.45, 2.75) is 25.8 Å². The average molecular weight is 373 g/mol. The van der Waals surface area contributed by atoms with Crippen molar-refractivity contribution in [1.29, 1.82) is 0 Å². The van der Waals surface area contributed by atoms with Crippen LogP contribution in [-0.2, 0) is 0 Å². The fourth-order valence-corrected chi connectivity index (χ4v) is 3.90. The molecule has 4 nitrogen and oxygen atoms in total. The SMILES string of the molecule is Cc1ccc(F)c2cc(C(=O)NC(c3nccc4ccccc34)C3CC3)[nH]c12. The number of amides is 1. The number of carbonyl (C=O) groups excluding carboxylic acids is 1. The molecule has 2 aromatic heterocycles. The number of rotatable bonds is 4. The highest BCUT2D eigenvalue weighted by Crippen LogP contribution is 2.42. The maximum Gasteiger partial charge on any atom is 0.268 e. The summed E-state index contributed by atoms with van der Waals surface area (Å²) in [5.41, 5.74) is 2.84. The van der Waals surface area contributed by atoms with Gasteiger partial charge in [-0.2, -0.15) is 0 Å². The number of aryl methyl sites for hydroxylation is 1. The number of benzene rings is 2. The third-order valence-electron chi connectivity index (χ3n) is 5.57. The minimum absolute atomic E-state index is 0.157. The van der Waals surface area contributed by atoms with Gasteiger partial charge in [0.05, 0.1) is 17.3 Å². The smallest absolute Gasteiger partial charge is 0.268 e. The largest absolute Gasteiger partial charge is 0.350 e. The molecule has 1 unspecified atom stereocenters. The van der Waals surface area contributed by atoms with Crippen LogP contribution in [0.15, 0.2) is 54.7 Å². The van der Waals surface area contributed by atoms with E-state index in [9.17, 15) is 9.18 Å². The molecule has 1 saturated carbocycles. The first-order chi connectivity index (χ1) is 13.6. The van der Waals surface area contributed by atoms with Crippen molar-refractivity contribution in [2.75, 3.05) is 0 Å². The predicted octanol–water partition coefficient (Wildman–Crippen LogP) is 5.04. The van der Waals surface area contributed by atoms with Crippen LogP contribution < -0.4 is 5.32 Å². The first-order valence-corrected chi connectivity index (χ1v) is 9.54. The second-order valence-corrected chi connectivity index (χ2v) is 7.54. The summed E-state index contributed by atoms with van der Waals surface area (Å²) in [6.45, 7) is 1.90.